The van der Waals surface area contributed by atoms with Crippen molar-refractivity contribution in [3.8, 4) is 0 Å². The topological polar surface area (TPSA) is 66.5 Å². The normalized spacial score (nSPS) is 11.2. The van der Waals surface area contributed by atoms with Crippen molar-refractivity contribution in [2.24, 2.45) is 0 Å². The number of nitrogens with zero attached hydrogens (tertiary/aromatic N) is 1. The van der Waals surface area contributed by atoms with Gasteiger partial charge in [0.25, 0.3) is 15.9 Å². The second-order valence-corrected chi connectivity index (χ2v) is 7.34. The zero-order valence-electron chi connectivity index (χ0n) is 14.8. The Morgan fingerprint density at radius 3 is 2.20 bits per heavy atom. The van der Waals surface area contributed by atoms with E-state index >= 15 is 0 Å². The fourth-order valence-corrected chi connectivity index (χ4v) is 3.62. The third-order valence-corrected chi connectivity index (χ3v) is 5.44. The first-order chi connectivity index (χ1) is 11.9. The fraction of sp³-hybridized carbons (Fsp3) is 0.316. The van der Waals surface area contributed by atoms with Gasteiger partial charge in [0, 0.05) is 24.3 Å². The molecule has 2 aromatic carbocycles. The van der Waals surface area contributed by atoms with Crippen molar-refractivity contribution in [3.05, 3.63) is 59.7 Å². The van der Waals surface area contributed by atoms with E-state index in [2.05, 4.69) is 4.72 Å². The van der Waals surface area contributed by atoms with Gasteiger partial charge in [-0.3, -0.25) is 9.52 Å². The Balaban J connectivity index is 2.27. The molecule has 0 atom stereocenters. The summed E-state index contributed by atoms with van der Waals surface area (Å²) in [7, 11) is -3.75. The second-order valence-electron chi connectivity index (χ2n) is 5.66. The molecule has 2 aromatic rings. The molecule has 134 valence electrons. The Morgan fingerprint density at radius 2 is 1.64 bits per heavy atom. The average molecular weight is 360 g/mol. The second kappa shape index (κ2) is 8.16. The lowest BCUT2D eigenvalue weighted by atomic mass is 10.2. The summed E-state index contributed by atoms with van der Waals surface area (Å²) >= 11 is 0. The zero-order valence-corrected chi connectivity index (χ0v) is 15.6. The molecule has 0 aliphatic carbocycles. The fourth-order valence-electron chi connectivity index (χ4n) is 2.51. The summed E-state index contributed by atoms with van der Waals surface area (Å²) in [5, 5.41) is 0. The molecule has 0 aromatic heterocycles. The van der Waals surface area contributed by atoms with E-state index in [1.807, 2.05) is 32.9 Å². The van der Waals surface area contributed by atoms with Crippen molar-refractivity contribution < 1.29 is 13.2 Å². The highest BCUT2D eigenvalue weighted by Crippen LogP contribution is 2.18. The molecular weight excluding hydrogens is 336 g/mol. The van der Waals surface area contributed by atoms with Gasteiger partial charge in [-0.2, -0.15) is 0 Å². The highest BCUT2D eigenvalue weighted by Gasteiger charge is 2.18. The maximum Gasteiger partial charge on any atom is 0.261 e. The molecular formula is C19H24N2O3S. The molecule has 0 radical (unpaired) electrons. The molecule has 0 aliphatic heterocycles. The van der Waals surface area contributed by atoms with Crippen LogP contribution in [-0.4, -0.2) is 32.3 Å². The summed E-state index contributed by atoms with van der Waals surface area (Å²) in [6.07, 6.45) is 0.891. The molecule has 0 fully saturated rings. The first-order valence-electron chi connectivity index (χ1n) is 8.42. The minimum atomic E-state index is -3.75. The third kappa shape index (κ3) is 4.60. The first kappa shape index (κ1) is 19.0. The Morgan fingerprint density at radius 1 is 1.00 bits per heavy atom. The average Bonchev–Trinajstić information content (AvgIpc) is 2.63. The SMILES string of the molecule is CCc1ccc(NS(=O)(=O)c2cccc(C(=O)N(CC)CC)c2)cc1. The van der Waals surface area contributed by atoms with Crippen LogP contribution < -0.4 is 4.72 Å². The molecule has 0 aliphatic rings. The number of nitrogens with one attached hydrogen (secondary N) is 1. The van der Waals surface area contributed by atoms with Crippen LogP contribution in [0, 0.1) is 0 Å². The number of benzene rings is 2. The van der Waals surface area contributed by atoms with E-state index in [0.717, 1.165) is 12.0 Å². The van der Waals surface area contributed by atoms with Gasteiger partial charge < -0.3 is 4.90 Å². The Hall–Kier alpha value is -2.34. The molecule has 0 unspecified atom stereocenters. The minimum absolute atomic E-state index is 0.0741. The summed E-state index contributed by atoms with van der Waals surface area (Å²) in [6.45, 7) is 6.98. The zero-order chi connectivity index (χ0) is 18.4. The number of anilines is 1. The summed E-state index contributed by atoms with van der Waals surface area (Å²) in [5.74, 6) is -0.172. The van der Waals surface area contributed by atoms with Gasteiger partial charge in [-0.1, -0.05) is 25.1 Å². The van der Waals surface area contributed by atoms with E-state index in [0.29, 0.717) is 24.3 Å². The van der Waals surface area contributed by atoms with E-state index in [1.54, 1.807) is 29.2 Å². The van der Waals surface area contributed by atoms with Crippen molar-refractivity contribution >= 4 is 21.6 Å². The Labute approximate surface area is 149 Å². The molecule has 0 bridgehead atoms. The number of sulfonamides is 1. The van der Waals surface area contributed by atoms with Crippen LogP contribution in [0.2, 0.25) is 0 Å². The number of aryl methyl sites for hydroxylation is 1. The summed E-state index contributed by atoms with van der Waals surface area (Å²) in [6, 6.07) is 13.4. The minimum Gasteiger partial charge on any atom is -0.339 e. The molecule has 1 N–H and O–H groups in total. The lowest BCUT2D eigenvalue weighted by Crippen LogP contribution is -2.30. The van der Waals surface area contributed by atoms with E-state index in [9.17, 15) is 13.2 Å². The van der Waals surface area contributed by atoms with Crippen molar-refractivity contribution in [2.45, 2.75) is 32.1 Å². The van der Waals surface area contributed by atoms with Gasteiger partial charge in [0.1, 0.15) is 0 Å². The van der Waals surface area contributed by atoms with Crippen LogP contribution in [0.1, 0.15) is 36.7 Å². The third-order valence-electron chi connectivity index (χ3n) is 4.06. The maximum atomic E-state index is 12.6. The summed E-state index contributed by atoms with van der Waals surface area (Å²) in [4.78, 5) is 14.2. The highest BCUT2D eigenvalue weighted by molar-refractivity contribution is 7.92. The van der Waals surface area contributed by atoms with Gasteiger partial charge in [0.2, 0.25) is 0 Å². The van der Waals surface area contributed by atoms with Crippen LogP contribution in [0.4, 0.5) is 5.69 Å². The Kier molecular flexibility index (Phi) is 6.20. The monoisotopic (exact) mass is 360 g/mol. The van der Waals surface area contributed by atoms with Gasteiger partial charge >= 0.3 is 0 Å². The van der Waals surface area contributed by atoms with Gasteiger partial charge in [-0.05, 0) is 56.2 Å². The molecule has 1 amide bonds. The molecule has 0 saturated carbocycles. The highest BCUT2D eigenvalue weighted by atomic mass is 32.2. The largest absolute Gasteiger partial charge is 0.339 e. The number of carbonyl (C=O) groups excluding carboxylic acids is 1. The van der Waals surface area contributed by atoms with E-state index < -0.39 is 10.0 Å². The van der Waals surface area contributed by atoms with Crippen molar-refractivity contribution in [3.63, 3.8) is 0 Å². The van der Waals surface area contributed by atoms with Gasteiger partial charge in [0.15, 0.2) is 0 Å². The van der Waals surface area contributed by atoms with Crippen molar-refractivity contribution in [2.75, 3.05) is 17.8 Å². The predicted octanol–water partition coefficient (Wildman–Crippen LogP) is 3.53. The standard InChI is InChI=1S/C19H24N2O3S/c1-4-15-10-12-17(13-11-15)20-25(23,24)18-9-7-8-16(14-18)19(22)21(5-2)6-3/h7-14,20H,4-6H2,1-3H3. The Bertz CT molecular complexity index is 826. The van der Waals surface area contributed by atoms with Gasteiger partial charge in [-0.25, -0.2) is 8.42 Å². The lowest BCUT2D eigenvalue weighted by Gasteiger charge is -2.19. The quantitative estimate of drug-likeness (QED) is 0.821. The molecule has 0 heterocycles. The van der Waals surface area contributed by atoms with Gasteiger partial charge in [-0.15, -0.1) is 0 Å². The van der Waals surface area contributed by atoms with E-state index in [-0.39, 0.29) is 10.8 Å². The number of hydrogen-bond acceptors (Lipinski definition) is 3. The van der Waals surface area contributed by atoms with Crippen molar-refractivity contribution in [1.82, 2.24) is 4.90 Å². The van der Waals surface area contributed by atoms with Crippen LogP contribution in [0.5, 0.6) is 0 Å². The van der Waals surface area contributed by atoms with Gasteiger partial charge in [0.05, 0.1) is 4.90 Å². The number of hydrogen-bond donors (Lipinski definition) is 1. The molecule has 0 saturated heterocycles. The predicted molar refractivity (Wildman–Crippen MR) is 100 cm³/mol. The van der Waals surface area contributed by atoms with Crippen LogP contribution >= 0.6 is 0 Å². The van der Waals surface area contributed by atoms with Crippen LogP contribution in [0.25, 0.3) is 0 Å². The molecule has 6 heteroatoms. The van der Waals surface area contributed by atoms with E-state index in [4.69, 9.17) is 0 Å². The summed E-state index contributed by atoms with van der Waals surface area (Å²) in [5.41, 5.74) is 2.00. The lowest BCUT2D eigenvalue weighted by molar-refractivity contribution is 0.0772. The van der Waals surface area contributed by atoms with Crippen LogP contribution in [-0.2, 0) is 16.4 Å². The molecule has 25 heavy (non-hydrogen) atoms. The molecule has 0 spiro atoms. The molecule has 2 rings (SSSR count). The first-order valence-corrected chi connectivity index (χ1v) is 9.90. The molecule has 5 nitrogen and oxygen atoms in total. The van der Waals surface area contributed by atoms with Crippen LogP contribution in [0.3, 0.4) is 0 Å². The maximum absolute atomic E-state index is 12.6. The van der Waals surface area contributed by atoms with Crippen LogP contribution in [0.15, 0.2) is 53.4 Å². The summed E-state index contributed by atoms with van der Waals surface area (Å²) < 4.78 is 27.8. The van der Waals surface area contributed by atoms with Crippen molar-refractivity contribution in [1.29, 1.82) is 0 Å². The number of carbonyl (C=O) groups is 1. The number of rotatable bonds is 7. The number of amides is 1. The smallest absolute Gasteiger partial charge is 0.261 e. The van der Waals surface area contributed by atoms with E-state index in [1.165, 1.54) is 12.1 Å².